The molecular formula is C25H22FN5O4S. The number of amides is 1. The van der Waals surface area contributed by atoms with Crippen molar-refractivity contribution in [3.63, 3.8) is 0 Å². The summed E-state index contributed by atoms with van der Waals surface area (Å²) in [5.41, 5.74) is 9.74. The second-order valence-corrected chi connectivity index (χ2v) is 11.5. The lowest BCUT2D eigenvalue weighted by Gasteiger charge is -2.44. The van der Waals surface area contributed by atoms with Crippen LogP contribution >= 0.6 is 0 Å². The largest absolute Gasteiger partial charge is 0.511 e. The summed E-state index contributed by atoms with van der Waals surface area (Å²) in [6.07, 6.45) is 2.81. The Kier molecular flexibility index (Phi) is 5.10. The first-order chi connectivity index (χ1) is 17.3. The molecule has 2 aromatic carbocycles. The van der Waals surface area contributed by atoms with E-state index in [9.17, 15) is 22.7 Å². The Morgan fingerprint density at radius 2 is 1.92 bits per heavy atom. The van der Waals surface area contributed by atoms with Gasteiger partial charge in [-0.1, -0.05) is 23.3 Å². The average molecular weight is 508 g/mol. The summed E-state index contributed by atoms with van der Waals surface area (Å²) >= 11 is 0. The van der Waals surface area contributed by atoms with E-state index >= 15 is 0 Å². The van der Waals surface area contributed by atoms with Crippen LogP contribution in [-0.2, 0) is 21.2 Å². The monoisotopic (exact) mass is 507 g/mol. The number of aliphatic hydroxyl groups excluding tert-OH is 1. The van der Waals surface area contributed by atoms with Gasteiger partial charge < -0.3 is 15.3 Å². The number of halogens is 1. The van der Waals surface area contributed by atoms with Crippen LogP contribution in [0, 0.1) is 23.6 Å². The Bertz CT molecular complexity index is 1510. The van der Waals surface area contributed by atoms with Crippen molar-refractivity contribution in [2.24, 2.45) is 22.9 Å². The molecule has 4 atom stereocenters. The zero-order valence-corrected chi connectivity index (χ0v) is 19.8. The fourth-order valence-electron chi connectivity index (χ4n) is 6.34. The van der Waals surface area contributed by atoms with Crippen molar-refractivity contribution < 1.29 is 22.7 Å². The highest BCUT2D eigenvalue weighted by Gasteiger charge is 2.56. The van der Waals surface area contributed by atoms with Gasteiger partial charge in [0.1, 0.15) is 17.1 Å². The smallest absolute Gasteiger partial charge is 0.260 e. The molecule has 4 aliphatic rings. The Morgan fingerprint density at radius 1 is 1.17 bits per heavy atom. The van der Waals surface area contributed by atoms with Crippen LogP contribution in [0.3, 0.4) is 0 Å². The molecule has 2 heterocycles. The molecule has 0 radical (unpaired) electrons. The van der Waals surface area contributed by atoms with Gasteiger partial charge >= 0.3 is 0 Å². The number of carbonyl (C=O) groups excluding carboxylic acids is 1. The van der Waals surface area contributed by atoms with Crippen molar-refractivity contribution in [2.75, 3.05) is 5.32 Å². The van der Waals surface area contributed by atoms with Crippen LogP contribution in [0.15, 0.2) is 74.9 Å². The molecule has 2 aliphatic carbocycles. The molecule has 2 N–H and O–H groups in total. The topological polar surface area (TPSA) is 135 Å². The quantitative estimate of drug-likeness (QED) is 0.338. The number of sulfone groups is 1. The highest BCUT2D eigenvalue weighted by molar-refractivity contribution is 7.94. The van der Waals surface area contributed by atoms with Gasteiger partial charge in [-0.3, -0.25) is 4.79 Å². The molecule has 1 amide bonds. The minimum Gasteiger partial charge on any atom is -0.511 e. The second-order valence-electron chi connectivity index (χ2n) is 9.74. The number of rotatable bonds is 4. The average Bonchev–Trinajstić information content (AvgIpc) is 3.46. The summed E-state index contributed by atoms with van der Waals surface area (Å²) in [6.45, 7) is 0.229. The Hall–Kier alpha value is -3.82. The lowest BCUT2D eigenvalue weighted by molar-refractivity contribution is -0.134. The predicted octanol–water partition coefficient (Wildman–Crippen LogP) is 5.08. The highest BCUT2D eigenvalue weighted by atomic mass is 32.2. The van der Waals surface area contributed by atoms with Gasteiger partial charge in [0.25, 0.3) is 5.91 Å². The molecule has 11 heteroatoms. The third kappa shape index (κ3) is 3.46. The van der Waals surface area contributed by atoms with Gasteiger partial charge in [-0.15, -0.1) is 0 Å². The van der Waals surface area contributed by atoms with Crippen LogP contribution in [0.1, 0.15) is 24.8 Å². The van der Waals surface area contributed by atoms with E-state index in [2.05, 4.69) is 15.3 Å². The van der Waals surface area contributed by atoms with E-state index in [1.807, 2.05) is 0 Å². The van der Waals surface area contributed by atoms with Crippen molar-refractivity contribution in [1.29, 1.82) is 0 Å². The van der Waals surface area contributed by atoms with E-state index in [0.29, 0.717) is 0 Å². The van der Waals surface area contributed by atoms with Crippen LogP contribution in [0.25, 0.3) is 10.4 Å². The maximum Gasteiger partial charge on any atom is 0.260 e. The van der Waals surface area contributed by atoms with E-state index < -0.39 is 15.7 Å². The number of nitrogens with zero attached hydrogens (tertiary/aromatic N) is 4. The number of benzene rings is 2. The van der Waals surface area contributed by atoms with Crippen LogP contribution in [-0.4, -0.2) is 30.4 Å². The minimum absolute atomic E-state index is 0.00636. The second kappa shape index (κ2) is 8.11. The van der Waals surface area contributed by atoms with Crippen molar-refractivity contribution in [3.8, 4) is 0 Å². The van der Waals surface area contributed by atoms with E-state index in [0.717, 1.165) is 30.2 Å². The summed E-state index contributed by atoms with van der Waals surface area (Å²) < 4.78 is 39.8. The molecule has 184 valence electrons. The molecule has 36 heavy (non-hydrogen) atoms. The molecule has 6 rings (SSSR count). The van der Waals surface area contributed by atoms with Gasteiger partial charge in [-0.25, -0.2) is 12.8 Å². The molecule has 2 fully saturated rings. The fourth-order valence-corrected chi connectivity index (χ4v) is 7.67. The number of hydrogen-bond donors (Lipinski definition) is 2. The molecule has 2 aromatic rings. The standard InChI is InChI=1S/C25H22FN5O4S/c26-16-5-1-13(2-6-16)11-31-23-15-4-3-14(9-15)21(23)24(32)22(25(31)33)19-12-36(34,35)20-10-17(29-30-27)7-8-18(20)28-19/h1-2,5-8,10,12,14-15,21,23,28,32H,3-4,9,11H2/t14-,15+,21?,23?/m1/s1. The van der Waals surface area contributed by atoms with Gasteiger partial charge in [0.05, 0.1) is 21.7 Å². The lowest BCUT2D eigenvalue weighted by Crippen LogP contribution is -2.52. The van der Waals surface area contributed by atoms with Crippen molar-refractivity contribution in [1.82, 2.24) is 4.90 Å². The summed E-state index contributed by atoms with van der Waals surface area (Å²) in [7, 11) is -4.01. The first-order valence-electron chi connectivity index (χ1n) is 11.7. The highest BCUT2D eigenvalue weighted by Crippen LogP contribution is 2.56. The molecule has 9 nitrogen and oxygen atoms in total. The Labute approximate surface area is 206 Å². The van der Waals surface area contributed by atoms with Gasteiger partial charge in [-0.05, 0) is 66.5 Å². The van der Waals surface area contributed by atoms with Crippen molar-refractivity contribution in [3.05, 3.63) is 86.7 Å². The molecule has 0 aromatic heterocycles. The summed E-state index contributed by atoms with van der Waals surface area (Å²) in [6, 6.07) is 9.94. The predicted molar refractivity (Wildman–Crippen MR) is 129 cm³/mol. The van der Waals surface area contributed by atoms with Crippen LogP contribution in [0.2, 0.25) is 0 Å². The third-order valence-electron chi connectivity index (χ3n) is 7.79. The fraction of sp³-hybridized carbons (Fsp3) is 0.320. The van der Waals surface area contributed by atoms with Crippen LogP contribution < -0.4 is 5.32 Å². The maximum atomic E-state index is 13.9. The molecule has 2 saturated carbocycles. The molecule has 2 bridgehead atoms. The normalized spacial score (nSPS) is 27.6. The lowest BCUT2D eigenvalue weighted by atomic mass is 9.77. The third-order valence-corrected chi connectivity index (χ3v) is 9.29. The Morgan fingerprint density at radius 3 is 2.67 bits per heavy atom. The molecule has 0 spiro atoms. The first-order valence-corrected chi connectivity index (χ1v) is 13.2. The minimum atomic E-state index is -4.01. The van der Waals surface area contributed by atoms with Gasteiger partial charge in [-0.2, -0.15) is 0 Å². The Balaban J connectivity index is 1.43. The van der Waals surface area contributed by atoms with Crippen LogP contribution in [0.5, 0.6) is 0 Å². The molecule has 2 unspecified atom stereocenters. The van der Waals surface area contributed by atoms with E-state index in [1.54, 1.807) is 17.0 Å². The summed E-state index contributed by atoms with van der Waals surface area (Å²) in [4.78, 5) is 18.2. The number of fused-ring (bicyclic) bond motifs is 6. The first kappa shape index (κ1) is 22.6. The summed E-state index contributed by atoms with van der Waals surface area (Å²) in [5, 5.41) is 18.8. The van der Waals surface area contributed by atoms with Crippen molar-refractivity contribution >= 4 is 27.1 Å². The zero-order chi connectivity index (χ0) is 25.2. The van der Waals surface area contributed by atoms with E-state index in [1.165, 1.54) is 30.3 Å². The van der Waals surface area contributed by atoms with Crippen LogP contribution in [0.4, 0.5) is 15.8 Å². The molecular weight excluding hydrogens is 485 g/mol. The number of azide groups is 1. The summed E-state index contributed by atoms with van der Waals surface area (Å²) in [5.74, 6) is -0.729. The molecule has 0 saturated heterocycles. The van der Waals surface area contributed by atoms with Gasteiger partial charge in [0.2, 0.25) is 9.84 Å². The van der Waals surface area contributed by atoms with Crippen molar-refractivity contribution in [2.45, 2.75) is 36.7 Å². The van der Waals surface area contributed by atoms with E-state index in [-0.39, 0.29) is 69.5 Å². The number of hydrogen-bond acceptors (Lipinski definition) is 6. The van der Waals surface area contributed by atoms with E-state index in [4.69, 9.17) is 5.53 Å². The number of carbonyl (C=O) groups is 1. The van der Waals surface area contributed by atoms with Gasteiger partial charge in [0, 0.05) is 29.1 Å². The molecule has 2 aliphatic heterocycles. The van der Waals surface area contributed by atoms with Gasteiger partial charge in [0.15, 0.2) is 0 Å². The maximum absolute atomic E-state index is 13.9. The number of anilines is 1. The SMILES string of the molecule is [N-]=[N+]=Nc1ccc2c(c1)S(=O)(=O)C=C(C1=C(O)C3C([C@H]4CC[C@@H]3C4)N(Cc3ccc(F)cc3)C1=O)N2. The zero-order valence-electron chi connectivity index (χ0n) is 19.0. The number of aliphatic hydroxyl groups is 1. The number of nitrogens with one attached hydrogen (secondary N) is 1.